The van der Waals surface area contributed by atoms with Crippen LogP contribution in [0.5, 0.6) is 5.75 Å². The number of methoxy groups -OCH3 is 1. The molecule has 0 radical (unpaired) electrons. The van der Waals surface area contributed by atoms with Crippen molar-refractivity contribution < 1.29 is 19.1 Å². The Labute approximate surface area is 194 Å². The third-order valence-corrected chi connectivity index (χ3v) is 7.91. The van der Waals surface area contributed by atoms with Crippen LogP contribution >= 0.6 is 0 Å². The van der Waals surface area contributed by atoms with Crippen LogP contribution in [0.25, 0.3) is 10.9 Å². The van der Waals surface area contributed by atoms with Crippen LogP contribution in [0.1, 0.15) is 34.9 Å². The first kappa shape index (κ1) is 21.8. The highest BCUT2D eigenvalue weighted by atomic mass is 16.5. The number of hydrogen-bond acceptors (Lipinski definition) is 4. The van der Waals surface area contributed by atoms with Crippen molar-refractivity contribution >= 4 is 16.7 Å². The summed E-state index contributed by atoms with van der Waals surface area (Å²) in [5.41, 5.74) is 2.48. The lowest BCUT2D eigenvalue weighted by molar-refractivity contribution is -0.966. The third-order valence-electron chi connectivity index (χ3n) is 7.91. The summed E-state index contributed by atoms with van der Waals surface area (Å²) in [4.78, 5) is 17.9. The van der Waals surface area contributed by atoms with Gasteiger partial charge in [-0.2, -0.15) is 0 Å². The molecule has 0 amide bonds. The Morgan fingerprint density at radius 1 is 1.24 bits per heavy atom. The Bertz CT molecular complexity index is 1170. The quantitative estimate of drug-likeness (QED) is 0.330. The smallest absolute Gasteiger partial charge is 0.216 e. The number of piperidine rings is 3. The maximum absolute atomic E-state index is 13.4. The van der Waals surface area contributed by atoms with Gasteiger partial charge in [0.05, 0.1) is 25.7 Å². The molecule has 3 saturated heterocycles. The number of ketones is 1. The maximum Gasteiger partial charge on any atom is 0.216 e. The average Bonchev–Trinajstić information content (AvgIpc) is 2.87. The number of para-hydroxylation sites is 1. The second-order valence-corrected chi connectivity index (χ2v) is 9.55. The first-order chi connectivity index (χ1) is 16.0. The second-order valence-electron chi connectivity index (χ2n) is 9.55. The number of benzene rings is 2. The molecule has 0 spiro atoms. The van der Waals surface area contributed by atoms with Crippen molar-refractivity contribution in [1.82, 2.24) is 4.98 Å². The fourth-order valence-electron chi connectivity index (χ4n) is 6.12. The molecule has 3 aliphatic rings. The molecule has 6 rings (SSSR count). The van der Waals surface area contributed by atoms with Crippen molar-refractivity contribution in [3.05, 3.63) is 84.6 Å². The summed E-state index contributed by atoms with van der Waals surface area (Å²) < 4.78 is 5.85. The topological polar surface area (TPSA) is 59.4 Å². The lowest BCUT2D eigenvalue weighted by Gasteiger charge is -2.57. The van der Waals surface area contributed by atoms with E-state index in [1.807, 2.05) is 54.6 Å². The molecule has 5 heteroatoms. The zero-order valence-corrected chi connectivity index (χ0v) is 19.1. The van der Waals surface area contributed by atoms with Crippen molar-refractivity contribution in [2.24, 2.45) is 11.8 Å². The number of pyridine rings is 1. The predicted molar refractivity (Wildman–Crippen MR) is 129 cm³/mol. The SMILES string of the molecule is C=C[C@H]1C[N@+]2(CC(=O)c3ccc(OC)cc3)CC[C@H]1C[C@H]2[C@H](O)c1ccnc2ccccc12. The molecule has 2 aromatic carbocycles. The van der Waals surface area contributed by atoms with Crippen LogP contribution < -0.4 is 4.74 Å². The summed E-state index contributed by atoms with van der Waals surface area (Å²) in [6.45, 7) is 6.22. The van der Waals surface area contributed by atoms with E-state index in [9.17, 15) is 9.90 Å². The Kier molecular flexibility index (Phi) is 5.77. The molecule has 1 N–H and O–H groups in total. The first-order valence-corrected chi connectivity index (χ1v) is 11.7. The van der Waals surface area contributed by atoms with E-state index in [4.69, 9.17) is 4.74 Å². The van der Waals surface area contributed by atoms with E-state index in [0.29, 0.717) is 28.4 Å². The van der Waals surface area contributed by atoms with E-state index in [1.165, 1.54) is 0 Å². The van der Waals surface area contributed by atoms with E-state index in [0.717, 1.165) is 48.1 Å². The number of ether oxygens (including phenoxy) is 1. The summed E-state index contributed by atoms with van der Waals surface area (Å²) in [5.74, 6) is 1.73. The Morgan fingerprint density at radius 3 is 2.79 bits per heavy atom. The number of nitrogens with zero attached hydrogens (tertiary/aromatic N) is 2. The van der Waals surface area contributed by atoms with E-state index in [2.05, 4.69) is 17.6 Å². The van der Waals surface area contributed by atoms with Crippen molar-refractivity contribution in [1.29, 1.82) is 0 Å². The summed E-state index contributed by atoms with van der Waals surface area (Å²) in [6, 6.07) is 17.2. The van der Waals surface area contributed by atoms with Crippen molar-refractivity contribution in [3.63, 3.8) is 0 Å². The lowest BCUT2D eigenvalue weighted by Crippen LogP contribution is -2.69. The number of quaternary nitrogens is 1. The maximum atomic E-state index is 13.4. The summed E-state index contributed by atoms with van der Waals surface area (Å²) in [7, 11) is 1.62. The fraction of sp³-hybridized carbons (Fsp3) is 0.357. The van der Waals surface area contributed by atoms with Gasteiger partial charge in [-0.3, -0.25) is 9.78 Å². The Hall–Kier alpha value is -3.02. The second kappa shape index (κ2) is 8.73. The largest absolute Gasteiger partial charge is 0.497 e. The van der Waals surface area contributed by atoms with Crippen LogP contribution in [0.15, 0.2) is 73.4 Å². The molecule has 33 heavy (non-hydrogen) atoms. The molecule has 0 aliphatic carbocycles. The van der Waals surface area contributed by atoms with Crippen LogP contribution in [-0.4, -0.2) is 53.1 Å². The van der Waals surface area contributed by atoms with E-state index in [1.54, 1.807) is 13.3 Å². The number of carbonyl (C=O) groups is 1. The highest BCUT2D eigenvalue weighted by molar-refractivity contribution is 5.97. The molecule has 3 fully saturated rings. The molecule has 0 saturated carbocycles. The molecule has 5 atom stereocenters. The Balaban J connectivity index is 1.50. The molecule has 0 unspecified atom stereocenters. The standard InChI is InChI=1S/C28H31N2O3/c1-3-19-17-30(18-27(31)20-8-10-22(33-2)11-9-20)15-13-21(19)16-26(30)28(32)24-12-14-29-25-7-5-4-6-23(24)25/h3-12,14,19,21,26,28,32H,1,13,15-18H2,2H3/q+1/t19-,21-,26-,28+,30-/m0/s1. The van der Waals surface area contributed by atoms with Crippen LogP contribution in [0.2, 0.25) is 0 Å². The highest BCUT2D eigenvalue weighted by Crippen LogP contribution is 2.47. The average molecular weight is 444 g/mol. The number of aliphatic hydroxyl groups excluding tert-OH is 1. The van der Waals surface area contributed by atoms with Gasteiger partial charge in [-0.1, -0.05) is 24.3 Å². The number of rotatable bonds is 7. The van der Waals surface area contributed by atoms with Crippen LogP contribution in [0.3, 0.4) is 0 Å². The number of carbonyl (C=O) groups excluding carboxylic acids is 1. The molecule has 3 aromatic rings. The van der Waals surface area contributed by atoms with Gasteiger partial charge in [-0.05, 0) is 47.9 Å². The van der Waals surface area contributed by atoms with E-state index >= 15 is 0 Å². The molecular weight excluding hydrogens is 412 g/mol. The summed E-state index contributed by atoms with van der Waals surface area (Å²) >= 11 is 0. The van der Waals surface area contributed by atoms with E-state index in [-0.39, 0.29) is 11.8 Å². The zero-order valence-electron chi connectivity index (χ0n) is 19.1. The van der Waals surface area contributed by atoms with Gasteiger partial charge < -0.3 is 14.3 Å². The van der Waals surface area contributed by atoms with Gasteiger partial charge in [-0.15, -0.1) is 6.58 Å². The van der Waals surface area contributed by atoms with Gasteiger partial charge in [0.1, 0.15) is 24.4 Å². The van der Waals surface area contributed by atoms with Gasteiger partial charge in [0.2, 0.25) is 5.78 Å². The number of hydrogen-bond donors (Lipinski definition) is 1. The van der Waals surface area contributed by atoms with Gasteiger partial charge in [0, 0.05) is 35.9 Å². The zero-order chi connectivity index (χ0) is 23.0. The predicted octanol–water partition coefficient (Wildman–Crippen LogP) is 4.57. The Morgan fingerprint density at radius 2 is 2.03 bits per heavy atom. The lowest BCUT2D eigenvalue weighted by atomic mass is 9.71. The summed E-state index contributed by atoms with van der Waals surface area (Å²) in [5, 5.41) is 12.7. The summed E-state index contributed by atoms with van der Waals surface area (Å²) in [6.07, 6.45) is 5.13. The molecular formula is C28H31N2O3+. The van der Waals surface area contributed by atoms with Crippen LogP contribution in [0, 0.1) is 11.8 Å². The van der Waals surface area contributed by atoms with Crippen LogP contribution in [0.4, 0.5) is 0 Å². The molecule has 4 heterocycles. The van der Waals surface area contributed by atoms with Crippen molar-refractivity contribution in [3.8, 4) is 5.75 Å². The molecule has 3 aliphatic heterocycles. The molecule has 2 bridgehead atoms. The number of aliphatic hydroxyl groups is 1. The van der Waals surface area contributed by atoms with Crippen LogP contribution in [-0.2, 0) is 0 Å². The van der Waals surface area contributed by atoms with Gasteiger partial charge in [-0.25, -0.2) is 0 Å². The monoisotopic (exact) mass is 443 g/mol. The van der Waals surface area contributed by atoms with Crippen molar-refractivity contribution in [2.75, 3.05) is 26.7 Å². The first-order valence-electron chi connectivity index (χ1n) is 11.7. The molecule has 5 nitrogen and oxygen atoms in total. The van der Waals surface area contributed by atoms with E-state index < -0.39 is 6.10 Å². The normalized spacial score (nSPS) is 27.3. The highest BCUT2D eigenvalue weighted by Gasteiger charge is 2.54. The number of Topliss-reactive ketones (excluding diaryl/α,β-unsaturated/α-hetero) is 1. The fourth-order valence-corrected chi connectivity index (χ4v) is 6.12. The molecule has 1 aromatic heterocycles. The van der Waals surface area contributed by atoms with Gasteiger partial charge in [0.15, 0.2) is 0 Å². The minimum absolute atomic E-state index is 0.0343. The third kappa shape index (κ3) is 3.85. The number of aromatic nitrogens is 1. The number of fused-ring (bicyclic) bond motifs is 4. The molecule has 170 valence electrons. The minimum atomic E-state index is -0.657. The minimum Gasteiger partial charge on any atom is -0.497 e. The van der Waals surface area contributed by atoms with Gasteiger partial charge in [0.25, 0.3) is 0 Å². The van der Waals surface area contributed by atoms with Crippen molar-refractivity contribution in [2.45, 2.75) is 25.0 Å². The van der Waals surface area contributed by atoms with Gasteiger partial charge >= 0.3 is 0 Å².